The van der Waals surface area contributed by atoms with Gasteiger partial charge in [-0.2, -0.15) is 5.48 Å². The molecule has 0 saturated carbocycles. The fraction of sp³-hybridized carbons (Fsp3) is 1.00. The van der Waals surface area contributed by atoms with Gasteiger partial charge in [0.15, 0.2) is 0 Å². The maximum atomic E-state index is 11.6. The molecule has 0 heterocycles. The van der Waals surface area contributed by atoms with Gasteiger partial charge >= 0.3 is 0 Å². The summed E-state index contributed by atoms with van der Waals surface area (Å²) in [5.41, 5.74) is 2.77. The van der Waals surface area contributed by atoms with E-state index in [2.05, 4.69) is 12.4 Å². The van der Waals surface area contributed by atoms with Crippen LogP contribution in [0.3, 0.4) is 0 Å². The summed E-state index contributed by atoms with van der Waals surface area (Å²) in [7, 11) is -2.33. The van der Waals surface area contributed by atoms with E-state index in [0.29, 0.717) is 12.3 Å². The molecular weight excluding hydrogens is 173 g/mol. The van der Waals surface area contributed by atoms with E-state index in [1.807, 2.05) is 13.8 Å². The first-order valence-corrected chi connectivity index (χ1v) is 6.67. The maximum Gasteiger partial charge on any atom is 0.220 e. The van der Waals surface area contributed by atoms with Gasteiger partial charge in [-0.1, -0.05) is 27.2 Å². The normalized spacial score (nSPS) is 11.9. The lowest BCUT2D eigenvalue weighted by molar-refractivity contribution is 0.197. The molecule has 12 heavy (non-hydrogen) atoms. The van der Waals surface area contributed by atoms with Gasteiger partial charge in [-0.25, -0.2) is 4.62 Å². The second-order valence-corrected chi connectivity index (χ2v) is 5.86. The van der Waals surface area contributed by atoms with Gasteiger partial charge in [0, 0.05) is 18.9 Å². The van der Waals surface area contributed by atoms with Gasteiger partial charge in [0.1, 0.15) is 0 Å². The van der Waals surface area contributed by atoms with Crippen molar-refractivity contribution >= 4 is 7.37 Å². The molecule has 0 rings (SSSR count). The van der Waals surface area contributed by atoms with E-state index >= 15 is 0 Å². The molecule has 0 fully saturated rings. The Hall–Kier alpha value is 0.150. The molecule has 0 radical (unpaired) electrons. The summed E-state index contributed by atoms with van der Waals surface area (Å²) < 4.78 is 16.8. The van der Waals surface area contributed by atoms with Crippen LogP contribution in [0.5, 0.6) is 0 Å². The lowest BCUT2D eigenvalue weighted by atomic mass is 10.3. The van der Waals surface area contributed by atoms with Crippen LogP contribution in [-0.2, 0) is 9.19 Å². The van der Waals surface area contributed by atoms with Crippen molar-refractivity contribution in [2.75, 3.05) is 18.9 Å². The number of rotatable bonds is 7. The first-order valence-electron chi connectivity index (χ1n) is 4.68. The summed E-state index contributed by atoms with van der Waals surface area (Å²) in [6.45, 7) is 6.69. The Morgan fingerprint density at radius 3 is 2.25 bits per heavy atom. The molecule has 0 atom stereocenters. The Morgan fingerprint density at radius 2 is 1.83 bits per heavy atom. The molecule has 0 aromatic heterocycles. The summed E-state index contributed by atoms with van der Waals surface area (Å²) >= 11 is 0. The first kappa shape index (κ1) is 12.2. The lowest BCUT2D eigenvalue weighted by Gasteiger charge is -2.14. The predicted molar refractivity (Wildman–Crippen MR) is 52.7 cm³/mol. The van der Waals surface area contributed by atoms with Crippen molar-refractivity contribution in [1.29, 1.82) is 0 Å². The molecule has 0 bridgehead atoms. The molecule has 0 aromatic carbocycles. The molecule has 74 valence electrons. The Bertz CT molecular complexity index is 142. The lowest BCUT2D eigenvalue weighted by Crippen LogP contribution is -2.15. The third kappa shape index (κ3) is 4.91. The number of nitrogens with one attached hydrogen (secondary N) is 1. The van der Waals surface area contributed by atoms with E-state index in [1.54, 1.807) is 0 Å². The summed E-state index contributed by atoms with van der Waals surface area (Å²) in [6.07, 6.45) is 3.41. The van der Waals surface area contributed by atoms with Gasteiger partial charge in [0.2, 0.25) is 7.37 Å². The number of hydrogen-bond donors (Lipinski definition) is 1. The minimum atomic E-state index is -2.33. The van der Waals surface area contributed by atoms with E-state index < -0.39 is 7.37 Å². The Kier molecular flexibility index (Phi) is 6.73. The van der Waals surface area contributed by atoms with Crippen molar-refractivity contribution < 1.29 is 9.19 Å². The van der Waals surface area contributed by atoms with Gasteiger partial charge in [-0.15, -0.1) is 0 Å². The van der Waals surface area contributed by atoms with Crippen LogP contribution >= 0.6 is 7.37 Å². The average molecular weight is 193 g/mol. The van der Waals surface area contributed by atoms with E-state index in [0.717, 1.165) is 19.4 Å². The first-order chi connectivity index (χ1) is 5.68. The Morgan fingerprint density at radius 1 is 1.25 bits per heavy atom. The van der Waals surface area contributed by atoms with Crippen molar-refractivity contribution in [2.24, 2.45) is 0 Å². The van der Waals surface area contributed by atoms with Crippen molar-refractivity contribution in [2.45, 2.75) is 33.6 Å². The second kappa shape index (κ2) is 6.64. The number of unbranched alkanes of at least 4 members (excludes halogenated alkanes) is 1. The largest absolute Gasteiger partial charge is 0.291 e. The zero-order valence-corrected chi connectivity index (χ0v) is 9.19. The van der Waals surface area contributed by atoms with Crippen LogP contribution in [0.2, 0.25) is 0 Å². The molecule has 0 aliphatic rings. The van der Waals surface area contributed by atoms with E-state index in [1.165, 1.54) is 0 Å². The van der Waals surface area contributed by atoms with Crippen LogP contribution in [0.4, 0.5) is 0 Å². The fourth-order valence-corrected chi connectivity index (χ4v) is 1.80. The molecule has 0 amide bonds. The highest BCUT2D eigenvalue weighted by atomic mass is 31.2. The van der Waals surface area contributed by atoms with Gasteiger partial charge in [0.25, 0.3) is 0 Å². The fourth-order valence-electron chi connectivity index (χ4n) is 0.765. The van der Waals surface area contributed by atoms with Crippen LogP contribution in [0.1, 0.15) is 33.6 Å². The van der Waals surface area contributed by atoms with Gasteiger partial charge in [-0.3, -0.25) is 4.57 Å². The highest BCUT2D eigenvalue weighted by molar-refractivity contribution is 7.58. The quantitative estimate of drug-likeness (QED) is 0.383. The molecule has 0 aromatic rings. The van der Waals surface area contributed by atoms with Gasteiger partial charge < -0.3 is 0 Å². The van der Waals surface area contributed by atoms with Crippen LogP contribution in [0.15, 0.2) is 0 Å². The van der Waals surface area contributed by atoms with Crippen molar-refractivity contribution in [3.8, 4) is 0 Å². The van der Waals surface area contributed by atoms with Crippen molar-refractivity contribution in [3.63, 3.8) is 0 Å². The highest BCUT2D eigenvalue weighted by Gasteiger charge is 2.17. The summed E-state index contributed by atoms with van der Waals surface area (Å²) in [4.78, 5) is 0. The molecule has 3 nitrogen and oxygen atoms in total. The van der Waals surface area contributed by atoms with Crippen molar-refractivity contribution in [3.05, 3.63) is 0 Å². The SMILES string of the molecule is CCCCNOP(=O)(CC)CC. The van der Waals surface area contributed by atoms with Gasteiger partial charge in [-0.05, 0) is 6.42 Å². The molecule has 4 heteroatoms. The molecule has 0 saturated heterocycles. The molecule has 0 aliphatic heterocycles. The molecule has 0 aliphatic carbocycles. The minimum absolute atomic E-state index is 0.614. The van der Waals surface area contributed by atoms with Crippen LogP contribution in [0, 0.1) is 0 Å². The standard InChI is InChI=1S/C8H20NO2P/c1-4-7-8-9-11-12(10,5-2)6-3/h9H,4-8H2,1-3H3. The van der Waals surface area contributed by atoms with Gasteiger partial charge in [0.05, 0.1) is 0 Å². The Labute approximate surface area is 75.3 Å². The highest BCUT2D eigenvalue weighted by Crippen LogP contribution is 2.44. The maximum absolute atomic E-state index is 11.6. The molecule has 0 unspecified atom stereocenters. The van der Waals surface area contributed by atoms with Crippen LogP contribution < -0.4 is 5.48 Å². The monoisotopic (exact) mass is 193 g/mol. The Balaban J connectivity index is 3.52. The van der Waals surface area contributed by atoms with E-state index in [9.17, 15) is 4.57 Å². The summed E-state index contributed by atoms with van der Waals surface area (Å²) in [5, 5.41) is 0. The second-order valence-electron chi connectivity index (χ2n) is 2.79. The van der Waals surface area contributed by atoms with E-state index in [4.69, 9.17) is 4.62 Å². The summed E-state index contributed by atoms with van der Waals surface area (Å²) in [6, 6.07) is 0. The zero-order chi connectivity index (χ0) is 9.45. The third-order valence-corrected chi connectivity index (χ3v) is 4.22. The predicted octanol–water partition coefficient (Wildman–Crippen LogP) is 2.63. The number of hydrogen-bond acceptors (Lipinski definition) is 3. The number of hydroxylamine groups is 1. The molecular formula is C8H20NO2P. The van der Waals surface area contributed by atoms with E-state index in [-0.39, 0.29) is 0 Å². The smallest absolute Gasteiger partial charge is 0.220 e. The minimum Gasteiger partial charge on any atom is -0.291 e. The average Bonchev–Trinajstić information content (AvgIpc) is 2.12. The summed E-state index contributed by atoms with van der Waals surface area (Å²) in [5.74, 6) is 0. The zero-order valence-electron chi connectivity index (χ0n) is 8.30. The topological polar surface area (TPSA) is 38.3 Å². The van der Waals surface area contributed by atoms with Crippen LogP contribution in [0.25, 0.3) is 0 Å². The molecule has 0 spiro atoms. The third-order valence-electron chi connectivity index (χ3n) is 1.83. The van der Waals surface area contributed by atoms with Crippen LogP contribution in [-0.4, -0.2) is 18.9 Å². The van der Waals surface area contributed by atoms with Crippen molar-refractivity contribution in [1.82, 2.24) is 5.48 Å². The molecule has 1 N–H and O–H groups in total.